The van der Waals surface area contributed by atoms with Gasteiger partial charge in [-0.25, -0.2) is 0 Å². The predicted octanol–water partition coefficient (Wildman–Crippen LogP) is 0.985. The van der Waals surface area contributed by atoms with Crippen LogP contribution >= 0.6 is 0 Å². The van der Waals surface area contributed by atoms with Crippen molar-refractivity contribution in [3.05, 3.63) is 11.7 Å². The van der Waals surface area contributed by atoms with Crippen LogP contribution in [-0.2, 0) is 6.54 Å². The van der Waals surface area contributed by atoms with E-state index in [1.54, 1.807) is 0 Å². The van der Waals surface area contributed by atoms with E-state index in [0.29, 0.717) is 30.2 Å². The van der Waals surface area contributed by atoms with Crippen LogP contribution in [0.2, 0.25) is 0 Å². The first-order valence-electron chi connectivity index (χ1n) is 5.99. The highest BCUT2D eigenvalue weighted by Gasteiger charge is 2.18. The Morgan fingerprint density at radius 2 is 2.38 bits per heavy atom. The maximum absolute atomic E-state index is 5.94. The first kappa shape index (κ1) is 11.5. The van der Waals surface area contributed by atoms with Gasteiger partial charge in [-0.15, -0.1) is 0 Å². The highest BCUT2D eigenvalue weighted by atomic mass is 16.5. The van der Waals surface area contributed by atoms with Gasteiger partial charge in [0.05, 0.1) is 6.54 Å². The Hall–Kier alpha value is -0.940. The molecule has 0 amide bonds. The molecule has 0 spiro atoms. The molecule has 0 saturated heterocycles. The van der Waals surface area contributed by atoms with Crippen molar-refractivity contribution in [2.45, 2.75) is 45.2 Å². The lowest BCUT2D eigenvalue weighted by atomic mass is 9.86. The lowest BCUT2D eigenvalue weighted by Crippen LogP contribution is -2.33. The monoisotopic (exact) mass is 224 g/mol. The quantitative estimate of drug-likeness (QED) is 0.797. The minimum Gasteiger partial charge on any atom is -0.338 e. The standard InChI is InChI=1S/C11H20N4O/c1-8-14-11(16-15-8)7-13-6-9-3-2-4-10(12)5-9/h9-10,13H,2-7,12H2,1H3. The third-order valence-electron chi connectivity index (χ3n) is 3.10. The summed E-state index contributed by atoms with van der Waals surface area (Å²) in [5.74, 6) is 2.06. The van der Waals surface area contributed by atoms with Gasteiger partial charge in [-0.1, -0.05) is 11.6 Å². The summed E-state index contributed by atoms with van der Waals surface area (Å²) in [5, 5.41) is 7.10. The molecule has 2 rings (SSSR count). The number of hydrogen-bond acceptors (Lipinski definition) is 5. The molecule has 0 radical (unpaired) electrons. The van der Waals surface area contributed by atoms with E-state index in [1.165, 1.54) is 19.3 Å². The van der Waals surface area contributed by atoms with Gasteiger partial charge in [-0.2, -0.15) is 4.98 Å². The van der Waals surface area contributed by atoms with E-state index < -0.39 is 0 Å². The number of hydrogen-bond donors (Lipinski definition) is 2. The summed E-state index contributed by atoms with van der Waals surface area (Å²) in [5.41, 5.74) is 5.94. The molecule has 2 atom stereocenters. The second-order valence-corrected chi connectivity index (χ2v) is 4.66. The number of nitrogens with zero attached hydrogens (tertiary/aromatic N) is 2. The number of aromatic nitrogens is 2. The molecule has 1 aromatic heterocycles. The molecule has 5 nitrogen and oxygen atoms in total. The van der Waals surface area contributed by atoms with Crippen molar-refractivity contribution in [2.24, 2.45) is 11.7 Å². The molecule has 1 aliphatic carbocycles. The molecule has 0 bridgehead atoms. The molecule has 5 heteroatoms. The highest BCUT2D eigenvalue weighted by molar-refractivity contribution is 4.83. The minimum atomic E-state index is 0.395. The number of nitrogens with two attached hydrogens (primary N) is 1. The van der Waals surface area contributed by atoms with Gasteiger partial charge in [-0.3, -0.25) is 0 Å². The second-order valence-electron chi connectivity index (χ2n) is 4.66. The van der Waals surface area contributed by atoms with Crippen molar-refractivity contribution in [1.82, 2.24) is 15.5 Å². The van der Waals surface area contributed by atoms with Crippen molar-refractivity contribution >= 4 is 0 Å². The van der Waals surface area contributed by atoms with Crippen LogP contribution in [0.25, 0.3) is 0 Å². The van der Waals surface area contributed by atoms with Crippen LogP contribution in [0.15, 0.2) is 4.52 Å². The van der Waals surface area contributed by atoms with E-state index in [0.717, 1.165) is 13.0 Å². The maximum Gasteiger partial charge on any atom is 0.240 e. The van der Waals surface area contributed by atoms with Crippen LogP contribution in [0.5, 0.6) is 0 Å². The van der Waals surface area contributed by atoms with E-state index in [4.69, 9.17) is 10.3 Å². The largest absolute Gasteiger partial charge is 0.338 e. The average Bonchev–Trinajstić information content (AvgIpc) is 2.64. The highest BCUT2D eigenvalue weighted by Crippen LogP contribution is 2.22. The Kier molecular flexibility index (Phi) is 3.90. The maximum atomic E-state index is 5.94. The molecular weight excluding hydrogens is 204 g/mol. The molecule has 2 unspecified atom stereocenters. The summed E-state index contributed by atoms with van der Waals surface area (Å²) in [7, 11) is 0. The molecule has 1 heterocycles. The van der Waals surface area contributed by atoms with Crippen LogP contribution in [0.4, 0.5) is 0 Å². The Bertz CT molecular complexity index is 326. The van der Waals surface area contributed by atoms with Gasteiger partial charge in [0.25, 0.3) is 0 Å². The van der Waals surface area contributed by atoms with Gasteiger partial charge in [-0.05, 0) is 38.6 Å². The van der Waals surface area contributed by atoms with Gasteiger partial charge >= 0.3 is 0 Å². The van der Waals surface area contributed by atoms with E-state index in [1.807, 2.05) is 6.92 Å². The molecule has 1 aromatic rings. The summed E-state index contributed by atoms with van der Waals surface area (Å²) in [6, 6.07) is 0.395. The van der Waals surface area contributed by atoms with Gasteiger partial charge in [0.2, 0.25) is 5.89 Å². The fourth-order valence-corrected chi connectivity index (χ4v) is 2.31. The van der Waals surface area contributed by atoms with Crippen molar-refractivity contribution in [3.63, 3.8) is 0 Å². The van der Waals surface area contributed by atoms with Crippen molar-refractivity contribution in [2.75, 3.05) is 6.54 Å². The zero-order chi connectivity index (χ0) is 11.4. The van der Waals surface area contributed by atoms with Crippen LogP contribution < -0.4 is 11.1 Å². The van der Waals surface area contributed by atoms with Crippen molar-refractivity contribution in [1.29, 1.82) is 0 Å². The number of aryl methyl sites for hydroxylation is 1. The Balaban J connectivity index is 1.67. The molecule has 0 aromatic carbocycles. The van der Waals surface area contributed by atoms with Gasteiger partial charge in [0, 0.05) is 6.04 Å². The molecule has 1 saturated carbocycles. The topological polar surface area (TPSA) is 77.0 Å². The molecule has 1 fully saturated rings. The molecule has 90 valence electrons. The lowest BCUT2D eigenvalue weighted by Gasteiger charge is -2.26. The van der Waals surface area contributed by atoms with Crippen LogP contribution in [0, 0.1) is 12.8 Å². The molecule has 0 aliphatic heterocycles. The smallest absolute Gasteiger partial charge is 0.240 e. The molecule has 3 N–H and O–H groups in total. The molecule has 1 aliphatic rings. The van der Waals surface area contributed by atoms with E-state index in [-0.39, 0.29) is 0 Å². The van der Waals surface area contributed by atoms with E-state index >= 15 is 0 Å². The van der Waals surface area contributed by atoms with Gasteiger partial charge < -0.3 is 15.6 Å². The summed E-state index contributed by atoms with van der Waals surface area (Å²) in [6.07, 6.45) is 4.85. The molecular formula is C11H20N4O. The summed E-state index contributed by atoms with van der Waals surface area (Å²) < 4.78 is 5.03. The summed E-state index contributed by atoms with van der Waals surface area (Å²) >= 11 is 0. The molecule has 16 heavy (non-hydrogen) atoms. The number of rotatable bonds is 4. The fraction of sp³-hybridized carbons (Fsp3) is 0.818. The zero-order valence-electron chi connectivity index (χ0n) is 9.78. The fourth-order valence-electron chi connectivity index (χ4n) is 2.31. The minimum absolute atomic E-state index is 0.395. The lowest BCUT2D eigenvalue weighted by molar-refractivity contribution is 0.300. The van der Waals surface area contributed by atoms with Crippen molar-refractivity contribution < 1.29 is 4.52 Å². The second kappa shape index (κ2) is 5.41. The van der Waals surface area contributed by atoms with Gasteiger partial charge in [0.1, 0.15) is 0 Å². The van der Waals surface area contributed by atoms with Crippen LogP contribution in [0.3, 0.4) is 0 Å². The van der Waals surface area contributed by atoms with Crippen LogP contribution in [-0.4, -0.2) is 22.7 Å². The summed E-state index contributed by atoms with van der Waals surface area (Å²) in [6.45, 7) is 3.48. The predicted molar refractivity (Wildman–Crippen MR) is 60.7 cm³/mol. The Morgan fingerprint density at radius 3 is 3.06 bits per heavy atom. The normalized spacial score (nSPS) is 25.9. The first-order valence-corrected chi connectivity index (χ1v) is 5.99. The summed E-state index contributed by atoms with van der Waals surface area (Å²) in [4.78, 5) is 4.14. The Morgan fingerprint density at radius 1 is 1.50 bits per heavy atom. The first-order chi connectivity index (χ1) is 7.74. The van der Waals surface area contributed by atoms with Crippen LogP contribution in [0.1, 0.15) is 37.4 Å². The van der Waals surface area contributed by atoms with Crippen molar-refractivity contribution in [3.8, 4) is 0 Å². The van der Waals surface area contributed by atoms with E-state index in [9.17, 15) is 0 Å². The number of nitrogens with one attached hydrogen (secondary N) is 1. The average molecular weight is 224 g/mol. The van der Waals surface area contributed by atoms with Gasteiger partial charge in [0.15, 0.2) is 5.82 Å². The Labute approximate surface area is 95.8 Å². The SMILES string of the molecule is Cc1noc(CNCC2CCCC(N)C2)n1. The van der Waals surface area contributed by atoms with E-state index in [2.05, 4.69) is 15.5 Å². The third kappa shape index (κ3) is 3.28. The third-order valence-corrected chi connectivity index (χ3v) is 3.10. The zero-order valence-corrected chi connectivity index (χ0v) is 9.78.